The Morgan fingerprint density at radius 1 is 1.36 bits per heavy atom. The summed E-state index contributed by atoms with van der Waals surface area (Å²) in [5.41, 5.74) is 12.7. The van der Waals surface area contributed by atoms with E-state index < -0.39 is 0 Å². The Morgan fingerprint density at radius 2 is 2.00 bits per heavy atom. The van der Waals surface area contributed by atoms with Crippen LogP contribution in [0.4, 0.5) is 0 Å². The molecule has 64 valence electrons. The Labute approximate surface area is 68.1 Å². The molecule has 11 heavy (non-hydrogen) atoms. The van der Waals surface area contributed by atoms with E-state index >= 15 is 0 Å². The van der Waals surface area contributed by atoms with Gasteiger partial charge in [-0.15, -0.1) is 0 Å². The lowest BCUT2D eigenvalue weighted by Gasteiger charge is -2.08. The molecular weight excluding hydrogens is 138 g/mol. The third kappa shape index (κ3) is 3.68. The van der Waals surface area contributed by atoms with Gasteiger partial charge in [-0.1, -0.05) is 12.2 Å². The maximum atomic E-state index is 5.66. The average molecular weight is 155 g/mol. The molecule has 0 bridgehead atoms. The van der Waals surface area contributed by atoms with Gasteiger partial charge in [-0.05, 0) is 13.8 Å². The van der Waals surface area contributed by atoms with Gasteiger partial charge in [0.15, 0.2) is 0 Å². The summed E-state index contributed by atoms with van der Waals surface area (Å²) >= 11 is 0. The van der Waals surface area contributed by atoms with E-state index in [1.165, 1.54) is 0 Å². The molecule has 0 aromatic carbocycles. The molecule has 0 aliphatic heterocycles. The summed E-state index contributed by atoms with van der Waals surface area (Å²) in [5.74, 6) is 0. The van der Waals surface area contributed by atoms with Crippen molar-refractivity contribution in [3.05, 3.63) is 23.5 Å². The van der Waals surface area contributed by atoms with Crippen LogP contribution in [-0.4, -0.2) is 13.1 Å². The Kier molecular flexibility index (Phi) is 5.29. The topological polar surface area (TPSA) is 64.1 Å². The quantitative estimate of drug-likeness (QED) is 0.512. The smallest absolute Gasteiger partial charge is 0.0527 e. The molecule has 0 radical (unpaired) electrons. The van der Waals surface area contributed by atoms with Gasteiger partial charge in [0, 0.05) is 13.1 Å². The molecule has 0 aliphatic rings. The lowest BCUT2D eigenvalue weighted by atomic mass is 10.3. The predicted octanol–water partition coefficient (Wildman–Crippen LogP) is 0.301. The van der Waals surface area contributed by atoms with Crippen LogP contribution in [0.25, 0.3) is 0 Å². The highest BCUT2D eigenvalue weighted by atomic mass is 14.9. The van der Waals surface area contributed by atoms with E-state index in [2.05, 4.69) is 5.32 Å². The van der Waals surface area contributed by atoms with Gasteiger partial charge in [0.25, 0.3) is 0 Å². The van der Waals surface area contributed by atoms with Crippen LogP contribution >= 0.6 is 0 Å². The second kappa shape index (κ2) is 5.80. The minimum atomic E-state index is 0.619. The molecule has 0 rings (SSSR count). The van der Waals surface area contributed by atoms with Gasteiger partial charge in [0.1, 0.15) is 0 Å². The summed E-state index contributed by atoms with van der Waals surface area (Å²) in [6, 6.07) is 0. The van der Waals surface area contributed by atoms with Crippen LogP contribution < -0.4 is 16.8 Å². The molecule has 0 aromatic heterocycles. The number of rotatable bonds is 4. The first-order valence-electron chi connectivity index (χ1n) is 3.78. The zero-order valence-electron chi connectivity index (χ0n) is 7.22. The van der Waals surface area contributed by atoms with Crippen LogP contribution in [0, 0.1) is 0 Å². The third-order valence-electron chi connectivity index (χ3n) is 1.37. The van der Waals surface area contributed by atoms with Crippen molar-refractivity contribution in [1.82, 2.24) is 5.32 Å². The first kappa shape index (κ1) is 10.0. The molecule has 0 unspecified atom stereocenters. The zero-order valence-corrected chi connectivity index (χ0v) is 7.22. The lowest BCUT2D eigenvalue weighted by molar-refractivity contribution is 0.799. The monoisotopic (exact) mass is 155 g/mol. The molecule has 5 N–H and O–H groups in total. The maximum absolute atomic E-state index is 5.66. The van der Waals surface area contributed by atoms with E-state index in [9.17, 15) is 0 Å². The second-order valence-electron chi connectivity index (χ2n) is 2.16. The summed E-state index contributed by atoms with van der Waals surface area (Å²) in [5, 5.41) is 3.11. The van der Waals surface area contributed by atoms with Crippen molar-refractivity contribution >= 4 is 0 Å². The van der Waals surface area contributed by atoms with E-state index in [4.69, 9.17) is 11.5 Å². The van der Waals surface area contributed by atoms with Crippen LogP contribution in [0.15, 0.2) is 23.5 Å². The molecule has 0 aliphatic carbocycles. The largest absolute Gasteiger partial charge is 0.397 e. The molecule has 0 spiro atoms. The van der Waals surface area contributed by atoms with Crippen molar-refractivity contribution in [2.75, 3.05) is 13.1 Å². The van der Waals surface area contributed by atoms with Crippen molar-refractivity contribution in [1.29, 1.82) is 0 Å². The number of hydrogen-bond donors (Lipinski definition) is 3. The van der Waals surface area contributed by atoms with Gasteiger partial charge in [0.2, 0.25) is 0 Å². The van der Waals surface area contributed by atoms with Crippen LogP contribution in [-0.2, 0) is 0 Å². The number of allylic oxidation sites excluding steroid dienone is 2. The second-order valence-corrected chi connectivity index (χ2v) is 2.16. The SMILES string of the molecule is CC=C(N)C(=CC)NCCN. The number of nitrogens with two attached hydrogens (primary N) is 2. The van der Waals surface area contributed by atoms with Crippen molar-refractivity contribution in [3.8, 4) is 0 Å². The van der Waals surface area contributed by atoms with Crippen LogP contribution in [0.2, 0.25) is 0 Å². The van der Waals surface area contributed by atoms with Gasteiger partial charge in [-0.3, -0.25) is 0 Å². The predicted molar refractivity (Wildman–Crippen MR) is 48.8 cm³/mol. The summed E-state index contributed by atoms with van der Waals surface area (Å²) in [4.78, 5) is 0. The molecule has 0 heterocycles. The standard InChI is InChI=1S/C8H17N3/c1-3-7(10)8(4-2)11-6-5-9/h3-4,11H,5-6,9-10H2,1-2H3. The van der Waals surface area contributed by atoms with Crippen molar-refractivity contribution < 1.29 is 0 Å². The van der Waals surface area contributed by atoms with Crippen molar-refractivity contribution in [2.45, 2.75) is 13.8 Å². The number of hydrogen-bond acceptors (Lipinski definition) is 3. The highest BCUT2D eigenvalue weighted by Gasteiger charge is 1.94. The molecule has 3 heteroatoms. The first-order valence-corrected chi connectivity index (χ1v) is 3.78. The minimum absolute atomic E-state index is 0.619. The van der Waals surface area contributed by atoms with Gasteiger partial charge in [0.05, 0.1) is 11.4 Å². The molecular formula is C8H17N3. The van der Waals surface area contributed by atoms with E-state index in [-0.39, 0.29) is 0 Å². The van der Waals surface area contributed by atoms with Gasteiger partial charge in [-0.25, -0.2) is 0 Å². The summed E-state index contributed by atoms with van der Waals surface area (Å²) in [7, 11) is 0. The van der Waals surface area contributed by atoms with E-state index in [0.717, 1.165) is 17.9 Å². The van der Waals surface area contributed by atoms with E-state index in [1.807, 2.05) is 26.0 Å². The van der Waals surface area contributed by atoms with E-state index in [1.54, 1.807) is 0 Å². The molecule has 3 nitrogen and oxygen atoms in total. The molecule has 0 aromatic rings. The molecule has 0 atom stereocenters. The first-order chi connectivity index (χ1) is 5.26. The molecule has 0 saturated heterocycles. The molecule has 0 fully saturated rings. The lowest BCUT2D eigenvalue weighted by Crippen LogP contribution is -2.24. The highest BCUT2D eigenvalue weighted by molar-refractivity contribution is 5.25. The summed E-state index contributed by atoms with van der Waals surface area (Å²) in [6.45, 7) is 5.22. The molecule has 0 amide bonds. The van der Waals surface area contributed by atoms with E-state index in [0.29, 0.717) is 6.54 Å². The van der Waals surface area contributed by atoms with Gasteiger partial charge >= 0.3 is 0 Å². The van der Waals surface area contributed by atoms with Crippen molar-refractivity contribution in [3.63, 3.8) is 0 Å². The van der Waals surface area contributed by atoms with Gasteiger partial charge in [-0.2, -0.15) is 0 Å². The Bertz CT molecular complexity index is 159. The van der Waals surface area contributed by atoms with Gasteiger partial charge < -0.3 is 16.8 Å². The average Bonchev–Trinajstić information content (AvgIpc) is 2.05. The van der Waals surface area contributed by atoms with Crippen LogP contribution in [0.5, 0.6) is 0 Å². The van der Waals surface area contributed by atoms with Crippen LogP contribution in [0.1, 0.15) is 13.8 Å². The fourth-order valence-corrected chi connectivity index (χ4v) is 0.733. The van der Waals surface area contributed by atoms with Crippen molar-refractivity contribution in [2.24, 2.45) is 11.5 Å². The fraction of sp³-hybridized carbons (Fsp3) is 0.500. The normalized spacial score (nSPS) is 13.4. The highest BCUT2D eigenvalue weighted by Crippen LogP contribution is 1.97. The van der Waals surface area contributed by atoms with Crippen LogP contribution in [0.3, 0.4) is 0 Å². The molecule has 0 saturated carbocycles. The number of nitrogens with one attached hydrogen (secondary N) is 1. The third-order valence-corrected chi connectivity index (χ3v) is 1.37. The minimum Gasteiger partial charge on any atom is -0.397 e. The fourth-order valence-electron chi connectivity index (χ4n) is 0.733. The Hall–Kier alpha value is -0.960. The maximum Gasteiger partial charge on any atom is 0.0527 e. The Morgan fingerprint density at radius 3 is 2.36 bits per heavy atom. The zero-order chi connectivity index (χ0) is 8.69. The summed E-state index contributed by atoms with van der Waals surface area (Å²) in [6.07, 6.45) is 3.80. The Balaban J connectivity index is 3.98. The summed E-state index contributed by atoms with van der Waals surface area (Å²) < 4.78 is 0.